The topological polar surface area (TPSA) is 78.8 Å². The highest BCUT2D eigenvalue weighted by atomic mass is 32.2. The van der Waals surface area contributed by atoms with Crippen LogP contribution in [0.1, 0.15) is 37.8 Å². The maximum absolute atomic E-state index is 14.3. The first-order valence-electron chi connectivity index (χ1n) is 7.20. The van der Waals surface area contributed by atoms with Crippen LogP contribution in [0.4, 0.5) is 4.39 Å². The lowest BCUT2D eigenvalue weighted by molar-refractivity contribution is -0.0663. The van der Waals surface area contributed by atoms with E-state index in [2.05, 4.69) is 4.72 Å². The van der Waals surface area contributed by atoms with Gasteiger partial charge in [0.25, 0.3) is 0 Å². The van der Waals surface area contributed by atoms with Gasteiger partial charge in [0, 0.05) is 30.7 Å². The molecule has 0 saturated carbocycles. The Bertz CT molecular complexity index is 553. The number of benzene rings is 1. The number of hydrogen-bond donors (Lipinski definition) is 3. The van der Waals surface area contributed by atoms with Crippen LogP contribution in [0.2, 0.25) is 0 Å². The standard InChI is InChI=1S/C15H22FNO4S/c1-14(2,18)15(5-7-21-8-6-15)12-4-3-11(13(16)9-12)10-17-22(19)20/h3-4,9,17-18H,5-8,10H2,1-2H3,(H,19,20). The average molecular weight is 331 g/mol. The van der Waals surface area contributed by atoms with Crippen molar-refractivity contribution >= 4 is 11.3 Å². The van der Waals surface area contributed by atoms with Crippen LogP contribution < -0.4 is 4.72 Å². The minimum Gasteiger partial charge on any atom is -0.390 e. The molecule has 5 nitrogen and oxygen atoms in total. The molecule has 1 aromatic carbocycles. The molecule has 1 heterocycles. The minimum absolute atomic E-state index is 0.0339. The molecular weight excluding hydrogens is 309 g/mol. The summed E-state index contributed by atoms with van der Waals surface area (Å²) >= 11 is -2.18. The lowest BCUT2D eigenvalue weighted by Crippen LogP contribution is -2.51. The summed E-state index contributed by atoms with van der Waals surface area (Å²) in [4.78, 5) is 0. The van der Waals surface area contributed by atoms with E-state index in [9.17, 15) is 13.7 Å². The molecule has 1 atom stereocenters. The van der Waals surface area contributed by atoms with E-state index in [1.807, 2.05) is 0 Å². The van der Waals surface area contributed by atoms with Crippen LogP contribution in [-0.2, 0) is 28.0 Å². The Morgan fingerprint density at radius 3 is 2.55 bits per heavy atom. The van der Waals surface area contributed by atoms with Crippen molar-refractivity contribution in [3.05, 3.63) is 35.1 Å². The van der Waals surface area contributed by atoms with E-state index in [0.29, 0.717) is 31.6 Å². The van der Waals surface area contributed by atoms with Crippen molar-refractivity contribution < 1.29 is 23.0 Å². The Kier molecular flexibility index (Phi) is 5.34. The summed E-state index contributed by atoms with van der Waals surface area (Å²) in [6, 6.07) is 4.79. The van der Waals surface area contributed by atoms with Gasteiger partial charge in [0.05, 0.1) is 5.60 Å². The van der Waals surface area contributed by atoms with E-state index in [1.54, 1.807) is 26.0 Å². The molecule has 1 fully saturated rings. The van der Waals surface area contributed by atoms with Gasteiger partial charge in [0.2, 0.25) is 11.3 Å². The SMILES string of the molecule is CC(C)(O)C1(c2ccc(CNS(=O)O)c(F)c2)CCOCC1. The summed E-state index contributed by atoms with van der Waals surface area (Å²) in [6.45, 7) is 4.49. The highest BCUT2D eigenvalue weighted by Gasteiger charge is 2.46. The van der Waals surface area contributed by atoms with Crippen LogP contribution in [0.25, 0.3) is 0 Å². The molecule has 1 saturated heterocycles. The summed E-state index contributed by atoms with van der Waals surface area (Å²) in [5.41, 5.74) is -0.522. The molecule has 0 bridgehead atoms. The first kappa shape index (κ1) is 17.5. The third kappa shape index (κ3) is 3.55. The number of rotatable bonds is 5. The lowest BCUT2D eigenvalue weighted by atomic mass is 9.64. The Balaban J connectivity index is 2.33. The van der Waals surface area contributed by atoms with Crippen LogP contribution in [0.3, 0.4) is 0 Å². The molecule has 0 radical (unpaired) electrons. The third-order valence-electron chi connectivity index (χ3n) is 4.51. The van der Waals surface area contributed by atoms with E-state index >= 15 is 0 Å². The Morgan fingerprint density at radius 1 is 1.41 bits per heavy atom. The van der Waals surface area contributed by atoms with Crippen LogP contribution in [0.15, 0.2) is 18.2 Å². The number of ether oxygens (including phenoxy) is 1. The summed E-state index contributed by atoms with van der Waals surface area (Å²) < 4.78 is 41.2. The van der Waals surface area contributed by atoms with Crippen molar-refractivity contribution in [3.63, 3.8) is 0 Å². The van der Waals surface area contributed by atoms with E-state index in [1.165, 1.54) is 6.07 Å². The van der Waals surface area contributed by atoms with Gasteiger partial charge in [-0.1, -0.05) is 12.1 Å². The Morgan fingerprint density at radius 2 is 2.05 bits per heavy atom. The van der Waals surface area contributed by atoms with Gasteiger partial charge in [-0.3, -0.25) is 4.55 Å². The minimum atomic E-state index is -2.18. The van der Waals surface area contributed by atoms with Gasteiger partial charge in [-0.15, -0.1) is 0 Å². The fourth-order valence-corrected chi connectivity index (χ4v) is 3.38. The van der Waals surface area contributed by atoms with Crippen molar-refractivity contribution in [1.82, 2.24) is 4.72 Å². The molecule has 0 amide bonds. The van der Waals surface area contributed by atoms with Crippen LogP contribution in [0.5, 0.6) is 0 Å². The molecular formula is C15H22FNO4S. The molecule has 0 spiro atoms. The molecule has 1 unspecified atom stereocenters. The lowest BCUT2D eigenvalue weighted by Gasteiger charge is -2.46. The molecule has 1 aromatic rings. The number of nitrogens with one attached hydrogen (secondary N) is 1. The second-order valence-corrected chi connectivity index (χ2v) is 6.92. The third-order valence-corrected chi connectivity index (χ3v) is 4.90. The molecule has 2 rings (SSSR count). The van der Waals surface area contributed by atoms with Gasteiger partial charge in [-0.25, -0.2) is 13.3 Å². The molecule has 22 heavy (non-hydrogen) atoms. The number of halogens is 1. The van der Waals surface area contributed by atoms with E-state index in [0.717, 1.165) is 5.56 Å². The van der Waals surface area contributed by atoms with Crippen LogP contribution in [-0.4, -0.2) is 32.7 Å². The van der Waals surface area contributed by atoms with E-state index in [-0.39, 0.29) is 6.54 Å². The quantitative estimate of drug-likeness (QED) is 0.720. The molecule has 0 aromatic heterocycles. The van der Waals surface area contributed by atoms with Crippen molar-refractivity contribution in [1.29, 1.82) is 0 Å². The predicted octanol–water partition coefficient (Wildman–Crippen LogP) is 1.87. The zero-order chi connectivity index (χ0) is 16.4. The average Bonchev–Trinajstić information content (AvgIpc) is 2.45. The predicted molar refractivity (Wildman–Crippen MR) is 82.0 cm³/mol. The Hall–Kier alpha value is -0.860. The Labute approximate surface area is 132 Å². The van der Waals surface area contributed by atoms with E-state index < -0.39 is 28.1 Å². The van der Waals surface area contributed by atoms with Crippen molar-refractivity contribution in [2.24, 2.45) is 0 Å². The summed E-state index contributed by atoms with van der Waals surface area (Å²) in [5.74, 6) is -0.453. The zero-order valence-electron chi connectivity index (χ0n) is 12.8. The van der Waals surface area contributed by atoms with E-state index in [4.69, 9.17) is 9.29 Å². The van der Waals surface area contributed by atoms with Crippen LogP contribution in [0, 0.1) is 5.82 Å². The van der Waals surface area contributed by atoms with Crippen molar-refractivity contribution in [3.8, 4) is 0 Å². The largest absolute Gasteiger partial charge is 0.390 e. The zero-order valence-corrected chi connectivity index (χ0v) is 13.6. The number of hydrogen-bond acceptors (Lipinski definition) is 3. The summed E-state index contributed by atoms with van der Waals surface area (Å²) in [6.07, 6.45) is 1.24. The fraction of sp³-hybridized carbons (Fsp3) is 0.600. The van der Waals surface area contributed by atoms with Crippen molar-refractivity contribution in [2.45, 2.75) is 44.2 Å². The molecule has 1 aliphatic heterocycles. The molecule has 7 heteroatoms. The summed E-state index contributed by atoms with van der Waals surface area (Å²) in [5, 5.41) is 10.6. The maximum atomic E-state index is 14.3. The van der Waals surface area contributed by atoms with Gasteiger partial charge in [-0.2, -0.15) is 0 Å². The first-order chi connectivity index (χ1) is 10.3. The smallest absolute Gasteiger partial charge is 0.232 e. The van der Waals surface area contributed by atoms with Crippen LogP contribution >= 0.6 is 0 Å². The van der Waals surface area contributed by atoms with Gasteiger partial charge in [0.15, 0.2) is 0 Å². The molecule has 1 aliphatic rings. The van der Waals surface area contributed by atoms with Gasteiger partial charge < -0.3 is 9.84 Å². The molecule has 124 valence electrons. The van der Waals surface area contributed by atoms with Gasteiger partial charge in [-0.05, 0) is 38.3 Å². The first-order valence-corrected chi connectivity index (χ1v) is 8.30. The second kappa shape index (κ2) is 6.72. The highest BCUT2D eigenvalue weighted by molar-refractivity contribution is 7.77. The highest BCUT2D eigenvalue weighted by Crippen LogP contribution is 2.44. The second-order valence-electron chi connectivity index (χ2n) is 6.13. The molecule has 0 aliphatic carbocycles. The van der Waals surface area contributed by atoms with Gasteiger partial charge >= 0.3 is 0 Å². The fourth-order valence-electron chi connectivity index (χ4n) is 3.10. The maximum Gasteiger partial charge on any atom is 0.232 e. The summed E-state index contributed by atoms with van der Waals surface area (Å²) in [7, 11) is 0. The number of aliphatic hydroxyl groups is 1. The molecule has 3 N–H and O–H groups in total. The van der Waals surface area contributed by atoms with Gasteiger partial charge in [0.1, 0.15) is 5.82 Å². The monoisotopic (exact) mass is 331 g/mol. The van der Waals surface area contributed by atoms with Crippen molar-refractivity contribution in [2.75, 3.05) is 13.2 Å². The normalized spacial score (nSPS) is 19.9.